The van der Waals surface area contributed by atoms with Crippen LogP contribution < -0.4 is 0 Å². The van der Waals surface area contributed by atoms with Crippen LogP contribution in [0.1, 0.15) is 30.6 Å². The molecule has 1 heteroatoms. The Kier molecular flexibility index (Phi) is 2.45. The second kappa shape index (κ2) is 3.16. The lowest BCUT2D eigenvalue weighted by molar-refractivity contribution is 0.888. The lowest BCUT2D eigenvalue weighted by atomic mass is 10.2. The highest BCUT2D eigenvalue weighted by Crippen LogP contribution is 2.23. The molecule has 0 atom stereocenters. The molecule has 0 N–H and O–H groups in total. The smallest absolute Gasteiger partial charge is 0.0175 e. The first kappa shape index (κ1) is 7.75. The molecular weight excluding hydrogens is 139 g/mol. The minimum atomic E-state index is 0.697. The van der Waals surface area contributed by atoms with Crippen molar-refractivity contribution in [2.75, 3.05) is 0 Å². The summed E-state index contributed by atoms with van der Waals surface area (Å²) in [6.45, 7) is 6.61. The summed E-state index contributed by atoms with van der Waals surface area (Å²) in [5.41, 5.74) is 1.38. The molecule has 0 amide bonds. The van der Waals surface area contributed by atoms with Gasteiger partial charge in [-0.05, 0) is 29.5 Å². The van der Waals surface area contributed by atoms with Crippen molar-refractivity contribution in [3.63, 3.8) is 0 Å². The van der Waals surface area contributed by atoms with E-state index in [4.69, 9.17) is 0 Å². The zero-order valence-electron chi connectivity index (χ0n) is 6.76. The molecule has 54 valence electrons. The zero-order chi connectivity index (χ0) is 7.56. The molecule has 0 aliphatic carbocycles. The number of aryl methyl sites for hydroxylation is 1. The Morgan fingerprint density at radius 3 is 2.40 bits per heavy atom. The van der Waals surface area contributed by atoms with Gasteiger partial charge in [0, 0.05) is 0 Å². The summed E-state index contributed by atoms with van der Waals surface area (Å²) in [7, 11) is 1.38. The normalized spacial score (nSPS) is 11.2. The van der Waals surface area contributed by atoms with Crippen molar-refractivity contribution < 1.29 is 0 Å². The monoisotopic (exact) mass is 152 g/mol. The highest BCUT2D eigenvalue weighted by molar-refractivity contribution is 7.30. The average Bonchev–Trinajstić information content (AvgIpc) is 1.88. The summed E-state index contributed by atoms with van der Waals surface area (Å²) in [4.78, 5) is 0. The van der Waals surface area contributed by atoms with Gasteiger partial charge < -0.3 is 0 Å². The fourth-order valence-electron chi connectivity index (χ4n) is 0.821. The molecule has 0 unspecified atom stereocenters. The van der Waals surface area contributed by atoms with Gasteiger partial charge in [-0.2, -0.15) is 0 Å². The van der Waals surface area contributed by atoms with Gasteiger partial charge in [0.05, 0.1) is 0 Å². The molecule has 0 radical (unpaired) electrons. The highest BCUT2D eigenvalue weighted by Gasteiger charge is 1.96. The molecule has 0 fully saturated rings. The Balaban J connectivity index is 2.89. The van der Waals surface area contributed by atoms with E-state index in [-0.39, 0.29) is 0 Å². The fraction of sp³-hybridized carbons (Fsp3) is 0.444. The van der Waals surface area contributed by atoms with Crippen LogP contribution in [0.2, 0.25) is 0 Å². The van der Waals surface area contributed by atoms with E-state index in [9.17, 15) is 0 Å². The Hall–Kier alpha value is -0.350. The van der Waals surface area contributed by atoms with Gasteiger partial charge in [-0.15, -0.1) is 0 Å². The molecule has 1 rings (SSSR count). The largest absolute Gasteiger partial charge is 0.0724 e. The molecule has 0 aliphatic rings. The molecule has 0 saturated carbocycles. The van der Waals surface area contributed by atoms with Gasteiger partial charge in [-0.25, -0.2) is 0 Å². The second-order valence-corrected chi connectivity index (χ2v) is 3.95. The molecular formula is C9H13P. The van der Waals surface area contributed by atoms with Crippen molar-refractivity contribution in [2.24, 2.45) is 0 Å². The van der Waals surface area contributed by atoms with E-state index in [0.29, 0.717) is 5.92 Å². The van der Waals surface area contributed by atoms with E-state index in [2.05, 4.69) is 38.7 Å². The standard InChI is InChI=1S/C9H13P/c1-7(2)9-5-4-8(3)6-10-9/h4-7H,1-3H3. The molecule has 0 aromatic carbocycles. The topological polar surface area (TPSA) is 0 Å². The number of rotatable bonds is 1. The van der Waals surface area contributed by atoms with Gasteiger partial charge in [0.2, 0.25) is 0 Å². The SMILES string of the molecule is Cc1ccc(C(C)C)pc1. The van der Waals surface area contributed by atoms with E-state index in [1.54, 1.807) is 0 Å². The van der Waals surface area contributed by atoms with Crippen molar-refractivity contribution in [3.05, 3.63) is 28.8 Å². The van der Waals surface area contributed by atoms with E-state index in [0.717, 1.165) is 0 Å². The molecule has 10 heavy (non-hydrogen) atoms. The summed E-state index contributed by atoms with van der Waals surface area (Å²) in [6.07, 6.45) is 0. The van der Waals surface area contributed by atoms with Crippen LogP contribution in [-0.4, -0.2) is 0 Å². The quantitative estimate of drug-likeness (QED) is 0.575. The van der Waals surface area contributed by atoms with Crippen LogP contribution >= 0.6 is 8.19 Å². The van der Waals surface area contributed by atoms with E-state index < -0.39 is 0 Å². The Bertz CT molecular complexity index is 198. The Morgan fingerprint density at radius 2 is 2.00 bits per heavy atom. The molecule has 1 aromatic heterocycles. The van der Waals surface area contributed by atoms with Gasteiger partial charge >= 0.3 is 0 Å². The van der Waals surface area contributed by atoms with Gasteiger partial charge in [-0.3, -0.25) is 0 Å². The maximum absolute atomic E-state index is 2.26. The third-order valence-electron chi connectivity index (χ3n) is 1.53. The van der Waals surface area contributed by atoms with Crippen LogP contribution in [0.5, 0.6) is 0 Å². The van der Waals surface area contributed by atoms with Crippen LogP contribution in [0, 0.1) is 6.92 Å². The molecule has 0 spiro atoms. The van der Waals surface area contributed by atoms with Crippen LogP contribution in [-0.2, 0) is 0 Å². The summed E-state index contributed by atoms with van der Waals surface area (Å²) < 4.78 is 0. The minimum Gasteiger partial charge on any atom is -0.0724 e. The summed E-state index contributed by atoms with van der Waals surface area (Å²) >= 11 is 0. The predicted octanol–water partition coefficient (Wildman–Crippen LogP) is 3.70. The first-order chi connectivity index (χ1) is 4.70. The maximum atomic E-state index is 2.26. The molecule has 0 bridgehead atoms. The average molecular weight is 152 g/mol. The number of hydrogen-bond donors (Lipinski definition) is 0. The third kappa shape index (κ3) is 1.82. The second-order valence-electron chi connectivity index (χ2n) is 2.92. The lowest BCUT2D eigenvalue weighted by Gasteiger charge is -2.02. The first-order valence-electron chi connectivity index (χ1n) is 3.62. The third-order valence-corrected chi connectivity index (χ3v) is 3.03. The summed E-state index contributed by atoms with van der Waals surface area (Å²) in [5.74, 6) is 2.96. The van der Waals surface area contributed by atoms with Gasteiger partial charge in [0.15, 0.2) is 0 Å². The van der Waals surface area contributed by atoms with Crippen molar-refractivity contribution in [1.29, 1.82) is 0 Å². The number of hydrogen-bond acceptors (Lipinski definition) is 0. The molecule has 0 aliphatic heterocycles. The van der Waals surface area contributed by atoms with E-state index >= 15 is 0 Å². The summed E-state index contributed by atoms with van der Waals surface area (Å²) in [6, 6.07) is 4.42. The van der Waals surface area contributed by atoms with Crippen molar-refractivity contribution in [1.82, 2.24) is 0 Å². The fourth-order valence-corrected chi connectivity index (χ4v) is 1.72. The molecule has 1 aromatic rings. The Morgan fingerprint density at radius 1 is 1.30 bits per heavy atom. The van der Waals surface area contributed by atoms with Crippen molar-refractivity contribution in [2.45, 2.75) is 26.7 Å². The van der Waals surface area contributed by atoms with Crippen LogP contribution in [0.4, 0.5) is 0 Å². The van der Waals surface area contributed by atoms with Crippen molar-refractivity contribution in [3.8, 4) is 0 Å². The lowest BCUT2D eigenvalue weighted by Crippen LogP contribution is -1.81. The molecule has 0 saturated heterocycles. The molecule has 0 nitrogen and oxygen atoms in total. The van der Waals surface area contributed by atoms with Crippen LogP contribution in [0.25, 0.3) is 0 Å². The summed E-state index contributed by atoms with van der Waals surface area (Å²) in [5, 5.41) is 1.52. The highest BCUT2D eigenvalue weighted by atomic mass is 31.0. The van der Waals surface area contributed by atoms with Crippen LogP contribution in [0.15, 0.2) is 17.9 Å². The zero-order valence-corrected chi connectivity index (χ0v) is 7.65. The van der Waals surface area contributed by atoms with Gasteiger partial charge in [0.1, 0.15) is 0 Å². The van der Waals surface area contributed by atoms with Crippen molar-refractivity contribution >= 4 is 8.19 Å². The molecule has 1 heterocycles. The van der Waals surface area contributed by atoms with E-state index in [1.807, 2.05) is 0 Å². The van der Waals surface area contributed by atoms with E-state index in [1.165, 1.54) is 19.1 Å². The van der Waals surface area contributed by atoms with Crippen LogP contribution in [0.3, 0.4) is 0 Å². The maximum Gasteiger partial charge on any atom is -0.0175 e. The first-order valence-corrected chi connectivity index (χ1v) is 4.59. The van der Waals surface area contributed by atoms with Gasteiger partial charge in [-0.1, -0.05) is 34.2 Å². The minimum absolute atomic E-state index is 0.697. The Labute approximate surface area is 64.4 Å². The van der Waals surface area contributed by atoms with Gasteiger partial charge in [0.25, 0.3) is 0 Å². The predicted molar refractivity (Wildman–Crippen MR) is 47.8 cm³/mol.